The molecule has 1 unspecified atom stereocenters. The number of ether oxygens (including phenoxy) is 1. The fourth-order valence-electron chi connectivity index (χ4n) is 3.30. The molecule has 1 saturated heterocycles. The molecule has 1 amide bonds. The fraction of sp³-hybridized carbons (Fsp3) is 0.421. The zero-order valence-electron chi connectivity index (χ0n) is 15.4. The highest BCUT2D eigenvalue weighted by Gasteiger charge is 2.42. The molecule has 1 atom stereocenters. The monoisotopic (exact) mass is 385 g/mol. The first-order valence-corrected chi connectivity index (χ1v) is 10.00. The first-order chi connectivity index (χ1) is 13.1. The lowest BCUT2D eigenvalue weighted by atomic mass is 9.90. The van der Waals surface area contributed by atoms with Gasteiger partial charge in [0.05, 0.1) is 17.9 Å². The minimum atomic E-state index is -0.871. The van der Waals surface area contributed by atoms with Crippen molar-refractivity contribution < 1.29 is 9.53 Å². The van der Waals surface area contributed by atoms with Crippen LogP contribution in [0.5, 0.6) is 5.75 Å². The number of aromatic nitrogens is 3. The second kappa shape index (κ2) is 7.28. The molecule has 1 aromatic carbocycles. The summed E-state index contributed by atoms with van der Waals surface area (Å²) >= 11 is 1.47. The molecule has 3 heterocycles. The summed E-state index contributed by atoms with van der Waals surface area (Å²) < 4.78 is 7.98. The maximum absolute atomic E-state index is 13.2. The van der Waals surface area contributed by atoms with Gasteiger partial charge in [-0.2, -0.15) is 5.10 Å². The van der Waals surface area contributed by atoms with Gasteiger partial charge in [0.1, 0.15) is 11.3 Å². The molecule has 0 spiro atoms. The lowest BCUT2D eigenvalue weighted by Crippen LogP contribution is -2.57. The van der Waals surface area contributed by atoms with Gasteiger partial charge >= 0.3 is 0 Å². The zero-order chi connectivity index (χ0) is 18.9. The maximum atomic E-state index is 13.2. The average Bonchev–Trinajstić information content (AvgIpc) is 3.26. The van der Waals surface area contributed by atoms with Crippen LogP contribution in [0.3, 0.4) is 0 Å². The van der Waals surface area contributed by atoms with Crippen molar-refractivity contribution in [3.8, 4) is 5.75 Å². The number of rotatable bonds is 5. The Kier molecular flexibility index (Phi) is 4.84. The molecule has 0 bridgehead atoms. The quantitative estimate of drug-likeness (QED) is 0.705. The molecule has 7 nitrogen and oxygen atoms in total. The van der Waals surface area contributed by atoms with Crippen molar-refractivity contribution in [3.05, 3.63) is 47.2 Å². The average molecular weight is 385 g/mol. The summed E-state index contributed by atoms with van der Waals surface area (Å²) in [4.78, 5) is 18.6. The van der Waals surface area contributed by atoms with E-state index in [1.54, 1.807) is 10.0 Å². The second-order valence-electron chi connectivity index (χ2n) is 6.99. The minimum Gasteiger partial charge on any atom is -0.477 e. The van der Waals surface area contributed by atoms with Crippen molar-refractivity contribution in [1.82, 2.24) is 25.2 Å². The zero-order valence-corrected chi connectivity index (χ0v) is 16.3. The van der Waals surface area contributed by atoms with Crippen molar-refractivity contribution in [2.45, 2.75) is 38.3 Å². The summed E-state index contributed by atoms with van der Waals surface area (Å²) in [7, 11) is 0. The Labute approximate surface area is 161 Å². The number of benzene rings is 1. The van der Waals surface area contributed by atoms with Gasteiger partial charge in [0.25, 0.3) is 5.91 Å². The Balaban J connectivity index is 1.53. The smallest absolute Gasteiger partial charge is 0.264 e. The molecule has 2 aromatic heterocycles. The number of piperidine rings is 1. The van der Waals surface area contributed by atoms with Crippen LogP contribution in [0.1, 0.15) is 37.1 Å². The highest BCUT2D eigenvalue weighted by Crippen LogP contribution is 2.28. The van der Waals surface area contributed by atoms with Gasteiger partial charge in [-0.1, -0.05) is 29.0 Å². The standard InChI is InChI=1S/C19H23N5O2S/c1-13-3-5-15(6-4-13)26-19(7-9-20-10-8-19)17(25)22-14(2)16-11-24-18(23-16)27-12-21-24/h3-6,11-12,14,20H,7-10H2,1-2H3,(H,22,25). The highest BCUT2D eigenvalue weighted by atomic mass is 32.1. The van der Waals surface area contributed by atoms with E-state index in [1.165, 1.54) is 11.3 Å². The number of carbonyl (C=O) groups excluding carboxylic acids is 1. The number of hydrogen-bond donors (Lipinski definition) is 2. The van der Waals surface area contributed by atoms with Gasteiger partial charge in [0.15, 0.2) is 5.60 Å². The van der Waals surface area contributed by atoms with Crippen LogP contribution in [-0.4, -0.2) is 39.2 Å². The number of carbonyl (C=O) groups is 1. The largest absolute Gasteiger partial charge is 0.477 e. The lowest BCUT2D eigenvalue weighted by Gasteiger charge is -2.37. The van der Waals surface area contributed by atoms with Crippen LogP contribution < -0.4 is 15.4 Å². The maximum Gasteiger partial charge on any atom is 0.264 e. The molecular weight excluding hydrogens is 362 g/mol. The Morgan fingerprint density at radius 1 is 1.33 bits per heavy atom. The SMILES string of the molecule is Cc1ccc(OC2(C(=O)NC(C)c3cn4ncsc4n3)CCNCC2)cc1. The van der Waals surface area contributed by atoms with E-state index in [0.717, 1.165) is 35.1 Å². The van der Waals surface area contributed by atoms with Gasteiger partial charge in [-0.05, 0) is 39.1 Å². The molecule has 1 aliphatic heterocycles. The molecule has 0 saturated carbocycles. The first-order valence-electron chi connectivity index (χ1n) is 9.12. The summed E-state index contributed by atoms with van der Waals surface area (Å²) in [6.07, 6.45) is 3.10. The molecule has 142 valence electrons. The van der Waals surface area contributed by atoms with Gasteiger partial charge in [-0.15, -0.1) is 0 Å². The number of imidazole rings is 1. The van der Waals surface area contributed by atoms with Crippen molar-refractivity contribution in [2.24, 2.45) is 0 Å². The molecule has 1 fully saturated rings. The van der Waals surface area contributed by atoms with E-state index in [1.807, 2.05) is 44.3 Å². The number of hydrogen-bond acceptors (Lipinski definition) is 6. The Bertz CT molecular complexity index is 899. The van der Waals surface area contributed by atoms with Crippen molar-refractivity contribution >= 4 is 22.2 Å². The minimum absolute atomic E-state index is 0.0959. The predicted octanol–water partition coefficient (Wildman–Crippen LogP) is 2.48. The Morgan fingerprint density at radius 2 is 2.07 bits per heavy atom. The highest BCUT2D eigenvalue weighted by molar-refractivity contribution is 7.14. The third-order valence-corrected chi connectivity index (χ3v) is 5.64. The molecule has 27 heavy (non-hydrogen) atoms. The second-order valence-corrected chi connectivity index (χ2v) is 7.80. The summed E-state index contributed by atoms with van der Waals surface area (Å²) in [5.74, 6) is 0.624. The van der Waals surface area contributed by atoms with E-state index in [9.17, 15) is 4.79 Å². The summed E-state index contributed by atoms with van der Waals surface area (Å²) in [5, 5.41) is 10.6. The van der Waals surface area contributed by atoms with E-state index in [0.29, 0.717) is 12.8 Å². The Hall–Kier alpha value is -2.45. The number of nitrogens with one attached hydrogen (secondary N) is 2. The van der Waals surface area contributed by atoms with E-state index >= 15 is 0 Å². The van der Waals surface area contributed by atoms with E-state index in [4.69, 9.17) is 4.74 Å². The first kappa shape index (κ1) is 17.9. The Morgan fingerprint density at radius 3 is 2.78 bits per heavy atom. The molecular formula is C19H23N5O2S. The lowest BCUT2D eigenvalue weighted by molar-refractivity contribution is -0.140. The van der Waals surface area contributed by atoms with Crippen molar-refractivity contribution in [1.29, 1.82) is 0 Å². The number of aryl methyl sites for hydroxylation is 1. The van der Waals surface area contributed by atoms with Crippen LogP contribution in [0, 0.1) is 6.92 Å². The van der Waals surface area contributed by atoms with E-state index in [-0.39, 0.29) is 11.9 Å². The molecule has 0 radical (unpaired) electrons. The topological polar surface area (TPSA) is 80.5 Å². The predicted molar refractivity (Wildman–Crippen MR) is 104 cm³/mol. The third kappa shape index (κ3) is 3.68. The molecule has 1 aliphatic rings. The summed E-state index contributed by atoms with van der Waals surface area (Å²) in [5.41, 5.74) is 2.83. The van der Waals surface area contributed by atoms with Crippen molar-refractivity contribution in [2.75, 3.05) is 13.1 Å². The van der Waals surface area contributed by atoms with Crippen LogP contribution in [0.25, 0.3) is 4.96 Å². The normalized spacial score (nSPS) is 17.6. The van der Waals surface area contributed by atoms with Crippen molar-refractivity contribution in [3.63, 3.8) is 0 Å². The number of fused-ring (bicyclic) bond motifs is 1. The van der Waals surface area contributed by atoms with Gasteiger partial charge in [-0.3, -0.25) is 4.79 Å². The van der Waals surface area contributed by atoms with Gasteiger partial charge < -0.3 is 15.4 Å². The van der Waals surface area contributed by atoms with Crippen LogP contribution in [-0.2, 0) is 4.79 Å². The summed E-state index contributed by atoms with van der Waals surface area (Å²) in [6.45, 7) is 5.46. The van der Waals surface area contributed by atoms with Crippen LogP contribution in [0.4, 0.5) is 0 Å². The molecule has 2 N–H and O–H groups in total. The van der Waals surface area contributed by atoms with Gasteiger partial charge in [0, 0.05) is 12.8 Å². The van der Waals surface area contributed by atoms with E-state index in [2.05, 4.69) is 20.7 Å². The molecule has 4 rings (SSSR count). The van der Waals surface area contributed by atoms with Gasteiger partial charge in [0.2, 0.25) is 4.96 Å². The number of nitrogens with zero attached hydrogens (tertiary/aromatic N) is 3. The molecule has 8 heteroatoms. The third-order valence-electron chi connectivity index (χ3n) is 4.96. The molecule has 3 aromatic rings. The molecule has 0 aliphatic carbocycles. The summed E-state index contributed by atoms with van der Waals surface area (Å²) in [6, 6.07) is 7.61. The fourth-order valence-corrected chi connectivity index (χ4v) is 3.91. The van der Waals surface area contributed by atoms with Crippen LogP contribution in [0.2, 0.25) is 0 Å². The number of amides is 1. The van der Waals surface area contributed by atoms with Gasteiger partial charge in [-0.25, -0.2) is 9.50 Å². The van der Waals surface area contributed by atoms with Crippen LogP contribution >= 0.6 is 11.3 Å². The van der Waals surface area contributed by atoms with Crippen LogP contribution in [0.15, 0.2) is 36.0 Å². The van der Waals surface area contributed by atoms with E-state index < -0.39 is 5.60 Å².